The summed E-state index contributed by atoms with van der Waals surface area (Å²) in [4.78, 5) is 0. The molecule has 0 aliphatic carbocycles. The van der Waals surface area contributed by atoms with Crippen LogP contribution in [0.1, 0.15) is 31.9 Å². The van der Waals surface area contributed by atoms with E-state index in [1.807, 2.05) is 45.0 Å². The minimum Gasteiger partial charge on any atom is -0.392 e. The number of rotatable bonds is 3. The molecule has 0 amide bonds. The van der Waals surface area contributed by atoms with E-state index in [9.17, 15) is 10.2 Å². The Kier molecular flexibility index (Phi) is 3.93. The molecule has 102 valence electrons. The summed E-state index contributed by atoms with van der Waals surface area (Å²) in [6.45, 7) is 6.10. The summed E-state index contributed by atoms with van der Waals surface area (Å²) >= 11 is 0. The van der Waals surface area contributed by atoms with Crippen molar-refractivity contribution in [3.8, 4) is 0 Å². The number of benzene rings is 2. The van der Waals surface area contributed by atoms with Gasteiger partial charge in [0.05, 0.1) is 12.7 Å². The molecular formula is C17H22O2. The molecule has 2 aromatic carbocycles. The number of hydrogen-bond donors (Lipinski definition) is 2. The third kappa shape index (κ3) is 2.96. The molecule has 0 bridgehead atoms. The van der Waals surface area contributed by atoms with E-state index in [2.05, 4.69) is 12.1 Å². The van der Waals surface area contributed by atoms with Crippen molar-refractivity contribution in [2.45, 2.75) is 39.9 Å². The van der Waals surface area contributed by atoms with Gasteiger partial charge in [0.2, 0.25) is 0 Å². The van der Waals surface area contributed by atoms with E-state index in [1.165, 1.54) is 0 Å². The van der Waals surface area contributed by atoms with Crippen molar-refractivity contribution in [1.29, 1.82) is 0 Å². The highest BCUT2D eigenvalue weighted by Crippen LogP contribution is 2.28. The van der Waals surface area contributed by atoms with Crippen molar-refractivity contribution in [3.05, 3.63) is 47.5 Å². The molecule has 0 radical (unpaired) electrons. The van der Waals surface area contributed by atoms with Crippen molar-refractivity contribution >= 4 is 10.8 Å². The average Bonchev–Trinajstić information content (AvgIpc) is 2.38. The van der Waals surface area contributed by atoms with Gasteiger partial charge in [-0.25, -0.2) is 0 Å². The molecule has 0 aromatic heterocycles. The van der Waals surface area contributed by atoms with Crippen LogP contribution in [0.5, 0.6) is 0 Å². The van der Waals surface area contributed by atoms with Gasteiger partial charge in [0.25, 0.3) is 0 Å². The molecule has 2 heteroatoms. The molecular weight excluding hydrogens is 236 g/mol. The zero-order chi connectivity index (χ0) is 14.0. The number of aliphatic hydroxyl groups is 2. The molecule has 0 fully saturated rings. The lowest BCUT2D eigenvalue weighted by molar-refractivity contribution is 0.0635. The second kappa shape index (κ2) is 5.32. The molecule has 0 heterocycles. The maximum atomic E-state index is 10.3. The minimum absolute atomic E-state index is 0.0109. The van der Waals surface area contributed by atoms with Crippen molar-refractivity contribution in [1.82, 2.24) is 0 Å². The van der Waals surface area contributed by atoms with Crippen LogP contribution < -0.4 is 0 Å². The van der Waals surface area contributed by atoms with E-state index < -0.39 is 6.10 Å². The summed E-state index contributed by atoms with van der Waals surface area (Å²) in [6.07, 6.45) is 0.143. The Balaban J connectivity index is 2.50. The normalized spacial score (nSPS) is 13.7. The van der Waals surface area contributed by atoms with Crippen LogP contribution in [0.3, 0.4) is 0 Å². The van der Waals surface area contributed by atoms with Gasteiger partial charge >= 0.3 is 0 Å². The lowest BCUT2D eigenvalue weighted by Crippen LogP contribution is -2.28. The SMILES string of the molecule is CC(C)(C)C(O)Cc1c(CO)ccc2ccccc12. The first-order valence-corrected chi connectivity index (χ1v) is 6.72. The van der Waals surface area contributed by atoms with Gasteiger partial charge in [0, 0.05) is 0 Å². The molecule has 2 nitrogen and oxygen atoms in total. The monoisotopic (exact) mass is 258 g/mol. The predicted molar refractivity (Wildman–Crippen MR) is 79.0 cm³/mol. The second-order valence-electron chi connectivity index (χ2n) is 6.17. The maximum absolute atomic E-state index is 10.3. The Hall–Kier alpha value is -1.38. The van der Waals surface area contributed by atoms with Crippen LogP contribution >= 0.6 is 0 Å². The van der Waals surface area contributed by atoms with Gasteiger partial charge in [0.15, 0.2) is 0 Å². The molecule has 1 atom stereocenters. The highest BCUT2D eigenvalue weighted by molar-refractivity contribution is 5.86. The van der Waals surface area contributed by atoms with Crippen LogP contribution in [0, 0.1) is 5.41 Å². The van der Waals surface area contributed by atoms with E-state index in [0.717, 1.165) is 21.9 Å². The van der Waals surface area contributed by atoms with E-state index in [0.29, 0.717) is 6.42 Å². The average molecular weight is 258 g/mol. The van der Waals surface area contributed by atoms with E-state index in [1.54, 1.807) is 0 Å². The first kappa shape index (κ1) is 14.0. The molecule has 19 heavy (non-hydrogen) atoms. The molecule has 2 rings (SSSR count). The van der Waals surface area contributed by atoms with Crippen LogP contribution in [0.4, 0.5) is 0 Å². The fourth-order valence-electron chi connectivity index (χ4n) is 2.27. The highest BCUT2D eigenvalue weighted by atomic mass is 16.3. The van der Waals surface area contributed by atoms with Crippen LogP contribution in [-0.4, -0.2) is 16.3 Å². The van der Waals surface area contributed by atoms with Gasteiger partial charge in [0.1, 0.15) is 0 Å². The van der Waals surface area contributed by atoms with Crippen LogP contribution in [0.2, 0.25) is 0 Å². The topological polar surface area (TPSA) is 40.5 Å². The minimum atomic E-state index is -0.427. The molecule has 1 unspecified atom stereocenters. The summed E-state index contributed by atoms with van der Waals surface area (Å²) in [5.41, 5.74) is 1.80. The summed E-state index contributed by atoms with van der Waals surface area (Å²) in [6, 6.07) is 12.1. The Labute approximate surface area is 114 Å². The van der Waals surface area contributed by atoms with Crippen LogP contribution in [0.15, 0.2) is 36.4 Å². The Morgan fingerprint density at radius 2 is 1.74 bits per heavy atom. The highest BCUT2D eigenvalue weighted by Gasteiger charge is 2.23. The fraction of sp³-hybridized carbons (Fsp3) is 0.412. The summed E-state index contributed by atoms with van der Waals surface area (Å²) in [5.74, 6) is 0. The van der Waals surface area contributed by atoms with E-state index >= 15 is 0 Å². The number of fused-ring (bicyclic) bond motifs is 1. The third-order valence-electron chi connectivity index (χ3n) is 3.71. The van der Waals surface area contributed by atoms with Gasteiger partial charge in [-0.3, -0.25) is 0 Å². The zero-order valence-electron chi connectivity index (χ0n) is 11.9. The lowest BCUT2D eigenvalue weighted by Gasteiger charge is -2.27. The molecule has 2 aromatic rings. The maximum Gasteiger partial charge on any atom is 0.0684 e. The number of hydrogen-bond acceptors (Lipinski definition) is 2. The van der Waals surface area contributed by atoms with Crippen molar-refractivity contribution in [2.24, 2.45) is 5.41 Å². The Bertz CT molecular complexity index is 567. The molecule has 0 saturated carbocycles. The third-order valence-corrected chi connectivity index (χ3v) is 3.71. The van der Waals surface area contributed by atoms with Gasteiger partial charge in [-0.05, 0) is 33.7 Å². The van der Waals surface area contributed by atoms with Crippen molar-refractivity contribution in [3.63, 3.8) is 0 Å². The van der Waals surface area contributed by atoms with Crippen LogP contribution in [0.25, 0.3) is 10.8 Å². The molecule has 0 aliphatic rings. The number of aliphatic hydroxyl groups excluding tert-OH is 2. The summed E-state index contributed by atoms with van der Waals surface area (Å²) in [7, 11) is 0. The molecule has 0 spiro atoms. The van der Waals surface area contributed by atoms with Gasteiger partial charge in [-0.2, -0.15) is 0 Å². The lowest BCUT2D eigenvalue weighted by atomic mass is 9.83. The second-order valence-corrected chi connectivity index (χ2v) is 6.17. The predicted octanol–water partition coefficient (Wildman–Crippen LogP) is 3.28. The van der Waals surface area contributed by atoms with E-state index in [-0.39, 0.29) is 12.0 Å². The van der Waals surface area contributed by atoms with Gasteiger partial charge in [-0.15, -0.1) is 0 Å². The first-order valence-electron chi connectivity index (χ1n) is 6.72. The standard InChI is InChI=1S/C17H22O2/c1-17(2,3)16(19)10-15-13(11-18)9-8-12-6-4-5-7-14(12)15/h4-9,16,18-19H,10-11H2,1-3H3. The largest absolute Gasteiger partial charge is 0.392 e. The smallest absolute Gasteiger partial charge is 0.0684 e. The Morgan fingerprint density at radius 1 is 1.05 bits per heavy atom. The molecule has 2 N–H and O–H groups in total. The van der Waals surface area contributed by atoms with Crippen molar-refractivity contribution < 1.29 is 10.2 Å². The van der Waals surface area contributed by atoms with Gasteiger partial charge < -0.3 is 10.2 Å². The summed E-state index contributed by atoms with van der Waals surface area (Å²) < 4.78 is 0. The van der Waals surface area contributed by atoms with E-state index in [4.69, 9.17) is 0 Å². The van der Waals surface area contributed by atoms with Crippen LogP contribution in [-0.2, 0) is 13.0 Å². The Morgan fingerprint density at radius 3 is 2.37 bits per heavy atom. The first-order chi connectivity index (χ1) is 8.93. The molecule has 0 aliphatic heterocycles. The summed E-state index contributed by atoms with van der Waals surface area (Å²) in [5, 5.41) is 22.1. The fourth-order valence-corrected chi connectivity index (χ4v) is 2.27. The zero-order valence-corrected chi connectivity index (χ0v) is 11.9. The molecule has 0 saturated heterocycles. The van der Waals surface area contributed by atoms with Crippen molar-refractivity contribution in [2.75, 3.05) is 0 Å². The van der Waals surface area contributed by atoms with Gasteiger partial charge in [-0.1, -0.05) is 57.2 Å². The quantitative estimate of drug-likeness (QED) is 0.887.